The van der Waals surface area contributed by atoms with Gasteiger partial charge in [0.2, 0.25) is 0 Å². The number of carbonyl (C=O) groups is 1. The van der Waals surface area contributed by atoms with Crippen molar-refractivity contribution in [2.75, 3.05) is 0 Å². The summed E-state index contributed by atoms with van der Waals surface area (Å²) >= 11 is 0. The Hall–Kier alpha value is -1.91. The SMILES string of the molecule is CC(C)(C)C(=O)/C=C/c1c[nH]c(=O)[nH]c1=O. The summed E-state index contributed by atoms with van der Waals surface area (Å²) in [6.45, 7) is 5.37. The molecular weight excluding hydrogens is 208 g/mol. The molecule has 1 heterocycles. The van der Waals surface area contributed by atoms with Crippen LogP contribution in [-0.4, -0.2) is 15.8 Å². The molecule has 0 aromatic carbocycles. The van der Waals surface area contributed by atoms with E-state index >= 15 is 0 Å². The van der Waals surface area contributed by atoms with Gasteiger partial charge >= 0.3 is 5.69 Å². The Morgan fingerprint density at radius 2 is 1.94 bits per heavy atom. The van der Waals surface area contributed by atoms with E-state index < -0.39 is 16.7 Å². The first-order valence-corrected chi connectivity index (χ1v) is 4.85. The summed E-state index contributed by atoms with van der Waals surface area (Å²) in [6, 6.07) is 0. The predicted octanol–water partition coefficient (Wildman–Crippen LogP) is 0.692. The number of allylic oxidation sites excluding steroid dienone is 1. The molecule has 0 saturated heterocycles. The van der Waals surface area contributed by atoms with Crippen molar-refractivity contribution < 1.29 is 4.79 Å². The van der Waals surface area contributed by atoms with Gasteiger partial charge < -0.3 is 4.98 Å². The number of ketones is 1. The van der Waals surface area contributed by atoms with E-state index in [1.807, 2.05) is 0 Å². The summed E-state index contributed by atoms with van der Waals surface area (Å²) in [5.41, 5.74) is -1.31. The Morgan fingerprint density at radius 3 is 2.44 bits per heavy atom. The normalized spacial score (nSPS) is 11.9. The van der Waals surface area contributed by atoms with Gasteiger partial charge in [-0.05, 0) is 12.2 Å². The lowest BCUT2D eigenvalue weighted by Crippen LogP contribution is -2.23. The highest BCUT2D eigenvalue weighted by Gasteiger charge is 2.17. The van der Waals surface area contributed by atoms with E-state index in [-0.39, 0.29) is 11.3 Å². The fourth-order valence-electron chi connectivity index (χ4n) is 0.959. The lowest BCUT2D eigenvalue weighted by molar-refractivity contribution is -0.121. The van der Waals surface area contributed by atoms with E-state index in [0.29, 0.717) is 0 Å². The Kier molecular flexibility index (Phi) is 3.27. The number of aromatic amines is 2. The molecule has 5 heteroatoms. The van der Waals surface area contributed by atoms with Crippen molar-refractivity contribution in [2.45, 2.75) is 20.8 Å². The molecule has 0 fully saturated rings. The van der Waals surface area contributed by atoms with Crippen molar-refractivity contribution in [2.24, 2.45) is 5.41 Å². The maximum Gasteiger partial charge on any atom is 0.325 e. The maximum atomic E-state index is 11.5. The third-order valence-corrected chi connectivity index (χ3v) is 2.00. The molecule has 0 amide bonds. The van der Waals surface area contributed by atoms with Gasteiger partial charge in [-0.2, -0.15) is 0 Å². The molecule has 1 aromatic rings. The zero-order valence-electron chi connectivity index (χ0n) is 9.46. The molecule has 86 valence electrons. The summed E-state index contributed by atoms with van der Waals surface area (Å²) in [5, 5.41) is 0. The van der Waals surface area contributed by atoms with Gasteiger partial charge in [0.1, 0.15) is 0 Å². The highest BCUT2D eigenvalue weighted by molar-refractivity contribution is 5.97. The third kappa shape index (κ3) is 3.05. The van der Waals surface area contributed by atoms with Gasteiger partial charge in [-0.25, -0.2) is 4.79 Å². The van der Waals surface area contributed by atoms with Crippen LogP contribution in [-0.2, 0) is 4.79 Å². The van der Waals surface area contributed by atoms with Crippen LogP contribution in [0.4, 0.5) is 0 Å². The Morgan fingerprint density at radius 1 is 1.31 bits per heavy atom. The van der Waals surface area contributed by atoms with E-state index in [1.165, 1.54) is 18.3 Å². The summed E-state index contributed by atoms with van der Waals surface area (Å²) in [4.78, 5) is 37.9. The Balaban J connectivity index is 2.98. The molecule has 0 spiro atoms. The van der Waals surface area contributed by atoms with E-state index in [0.717, 1.165) is 0 Å². The fourth-order valence-corrected chi connectivity index (χ4v) is 0.959. The van der Waals surface area contributed by atoms with Crippen molar-refractivity contribution >= 4 is 11.9 Å². The second-order valence-corrected chi connectivity index (χ2v) is 4.47. The lowest BCUT2D eigenvalue weighted by atomic mass is 9.90. The first-order valence-electron chi connectivity index (χ1n) is 4.85. The second kappa shape index (κ2) is 4.30. The molecule has 0 unspecified atom stereocenters. The number of H-pyrrole nitrogens is 2. The van der Waals surface area contributed by atoms with Crippen LogP contribution in [0.1, 0.15) is 26.3 Å². The molecule has 0 atom stereocenters. The summed E-state index contributed by atoms with van der Waals surface area (Å²) in [7, 11) is 0. The predicted molar refractivity (Wildman–Crippen MR) is 61.2 cm³/mol. The second-order valence-electron chi connectivity index (χ2n) is 4.47. The number of carbonyl (C=O) groups excluding carboxylic acids is 1. The van der Waals surface area contributed by atoms with Crippen LogP contribution in [0.2, 0.25) is 0 Å². The first-order chi connectivity index (χ1) is 7.30. The van der Waals surface area contributed by atoms with Gasteiger partial charge in [0.05, 0.1) is 5.56 Å². The smallest absolute Gasteiger partial charge is 0.314 e. The zero-order valence-corrected chi connectivity index (χ0v) is 9.46. The van der Waals surface area contributed by atoms with Crippen molar-refractivity contribution in [1.29, 1.82) is 0 Å². The molecule has 0 aliphatic heterocycles. The lowest BCUT2D eigenvalue weighted by Gasteiger charge is -2.12. The highest BCUT2D eigenvalue weighted by Crippen LogP contribution is 2.15. The van der Waals surface area contributed by atoms with Crippen LogP contribution in [0.15, 0.2) is 21.9 Å². The molecule has 5 nitrogen and oxygen atoms in total. The Bertz CT molecular complexity index is 529. The molecule has 2 N–H and O–H groups in total. The standard InChI is InChI=1S/C11H14N2O3/c1-11(2,3)8(14)5-4-7-6-12-10(16)13-9(7)15/h4-6H,1-3H3,(H2,12,13,15,16)/b5-4+. The van der Waals surface area contributed by atoms with Crippen molar-refractivity contribution in [3.63, 3.8) is 0 Å². The molecular formula is C11H14N2O3. The highest BCUT2D eigenvalue weighted by atomic mass is 16.2. The molecule has 0 radical (unpaired) electrons. The van der Waals surface area contributed by atoms with Crippen LogP contribution in [0.25, 0.3) is 6.08 Å². The van der Waals surface area contributed by atoms with Gasteiger partial charge in [0.15, 0.2) is 5.78 Å². The molecule has 0 aliphatic rings. The topological polar surface area (TPSA) is 82.8 Å². The molecule has 1 rings (SSSR count). The quantitative estimate of drug-likeness (QED) is 0.722. The summed E-state index contributed by atoms with van der Waals surface area (Å²) in [6.07, 6.45) is 4.00. The van der Waals surface area contributed by atoms with Crippen molar-refractivity contribution in [3.8, 4) is 0 Å². The number of hydrogen-bond donors (Lipinski definition) is 2. The minimum absolute atomic E-state index is 0.0851. The van der Waals surface area contributed by atoms with Crippen molar-refractivity contribution in [1.82, 2.24) is 9.97 Å². The zero-order chi connectivity index (χ0) is 12.3. The van der Waals surface area contributed by atoms with Gasteiger partial charge in [0, 0.05) is 11.6 Å². The largest absolute Gasteiger partial charge is 0.325 e. The fraction of sp³-hybridized carbons (Fsp3) is 0.364. The maximum absolute atomic E-state index is 11.5. The van der Waals surface area contributed by atoms with Gasteiger partial charge in [-0.3, -0.25) is 14.6 Å². The molecule has 1 aromatic heterocycles. The first kappa shape index (κ1) is 12.2. The van der Waals surface area contributed by atoms with Gasteiger partial charge in [-0.15, -0.1) is 0 Å². The van der Waals surface area contributed by atoms with Gasteiger partial charge in [-0.1, -0.05) is 20.8 Å². The average molecular weight is 222 g/mol. The molecule has 0 bridgehead atoms. The molecule has 16 heavy (non-hydrogen) atoms. The third-order valence-electron chi connectivity index (χ3n) is 2.00. The number of aromatic nitrogens is 2. The van der Waals surface area contributed by atoms with E-state index in [1.54, 1.807) is 20.8 Å². The van der Waals surface area contributed by atoms with E-state index in [9.17, 15) is 14.4 Å². The van der Waals surface area contributed by atoms with Gasteiger partial charge in [0.25, 0.3) is 5.56 Å². The minimum atomic E-state index is -0.565. The summed E-state index contributed by atoms with van der Waals surface area (Å²) in [5.74, 6) is -0.0851. The van der Waals surface area contributed by atoms with Crippen LogP contribution < -0.4 is 11.2 Å². The van der Waals surface area contributed by atoms with Crippen molar-refractivity contribution in [3.05, 3.63) is 38.7 Å². The number of nitrogens with one attached hydrogen (secondary N) is 2. The van der Waals surface area contributed by atoms with Crippen LogP contribution in [0.3, 0.4) is 0 Å². The summed E-state index contributed by atoms with van der Waals surface area (Å²) < 4.78 is 0. The molecule has 0 aliphatic carbocycles. The van der Waals surface area contributed by atoms with E-state index in [4.69, 9.17) is 0 Å². The monoisotopic (exact) mass is 222 g/mol. The minimum Gasteiger partial charge on any atom is -0.314 e. The number of rotatable bonds is 2. The Labute approximate surface area is 92.2 Å². The molecule has 0 saturated carbocycles. The van der Waals surface area contributed by atoms with E-state index in [2.05, 4.69) is 9.97 Å². The van der Waals surface area contributed by atoms with Crippen LogP contribution in [0.5, 0.6) is 0 Å². The van der Waals surface area contributed by atoms with Crippen LogP contribution >= 0.6 is 0 Å². The van der Waals surface area contributed by atoms with Crippen LogP contribution in [0, 0.1) is 5.41 Å². The average Bonchev–Trinajstić information content (AvgIpc) is 2.14. The number of hydrogen-bond acceptors (Lipinski definition) is 3.